The number of amides is 1. The number of carbonyl (C=O) groups excluding carboxylic acids is 1. The second-order valence-electron chi connectivity index (χ2n) is 5.57. The van der Waals surface area contributed by atoms with Gasteiger partial charge in [0.15, 0.2) is 5.16 Å². The summed E-state index contributed by atoms with van der Waals surface area (Å²) in [7, 11) is 0. The molecule has 140 valence electrons. The van der Waals surface area contributed by atoms with Crippen LogP contribution in [0.15, 0.2) is 50.8 Å². The molecule has 1 heterocycles. The average molecular weight is 454 g/mol. The Bertz CT molecular complexity index is 1090. The number of anilines is 1. The van der Waals surface area contributed by atoms with Gasteiger partial charge in [-0.05, 0) is 37.3 Å². The van der Waals surface area contributed by atoms with Crippen LogP contribution in [-0.2, 0) is 11.3 Å². The van der Waals surface area contributed by atoms with E-state index in [1.807, 2.05) is 6.92 Å². The van der Waals surface area contributed by atoms with Gasteiger partial charge in [-0.1, -0.05) is 27.7 Å². The molecule has 0 spiro atoms. The molecule has 27 heavy (non-hydrogen) atoms. The van der Waals surface area contributed by atoms with Crippen LogP contribution >= 0.6 is 27.7 Å². The van der Waals surface area contributed by atoms with Crippen LogP contribution in [0.3, 0.4) is 0 Å². The number of aromatic nitrogens is 2. The van der Waals surface area contributed by atoms with Gasteiger partial charge in [-0.2, -0.15) is 0 Å². The smallest absolute Gasteiger partial charge is 0.262 e. The van der Waals surface area contributed by atoms with Crippen molar-refractivity contribution < 1.29 is 13.6 Å². The highest BCUT2D eigenvalue weighted by atomic mass is 79.9. The first-order valence-electron chi connectivity index (χ1n) is 7.97. The first-order chi connectivity index (χ1) is 12.9. The topological polar surface area (TPSA) is 64.0 Å². The number of hydrogen-bond acceptors (Lipinski definition) is 4. The van der Waals surface area contributed by atoms with Gasteiger partial charge in [0.2, 0.25) is 5.91 Å². The third-order valence-corrected chi connectivity index (χ3v) is 5.20. The molecule has 0 unspecified atom stereocenters. The summed E-state index contributed by atoms with van der Waals surface area (Å²) < 4.78 is 28.8. The maximum absolute atomic E-state index is 13.6. The lowest BCUT2D eigenvalue weighted by molar-refractivity contribution is -0.113. The normalized spacial score (nSPS) is 11.0. The molecule has 3 rings (SSSR count). The molecule has 0 saturated carbocycles. The van der Waals surface area contributed by atoms with E-state index >= 15 is 0 Å². The number of hydrogen-bond donors (Lipinski definition) is 1. The van der Waals surface area contributed by atoms with Crippen LogP contribution in [-0.4, -0.2) is 21.2 Å². The van der Waals surface area contributed by atoms with Crippen LogP contribution in [0.25, 0.3) is 10.9 Å². The molecule has 0 aliphatic heterocycles. The van der Waals surface area contributed by atoms with Gasteiger partial charge in [-0.15, -0.1) is 0 Å². The van der Waals surface area contributed by atoms with Gasteiger partial charge in [-0.25, -0.2) is 13.8 Å². The van der Waals surface area contributed by atoms with E-state index in [-0.39, 0.29) is 17.0 Å². The Morgan fingerprint density at radius 1 is 1.26 bits per heavy atom. The molecule has 0 radical (unpaired) electrons. The predicted octanol–water partition coefficient (Wildman–Crippen LogP) is 4.19. The monoisotopic (exact) mass is 453 g/mol. The quantitative estimate of drug-likeness (QED) is 0.464. The van der Waals surface area contributed by atoms with Crippen LogP contribution in [0.1, 0.15) is 6.92 Å². The lowest BCUT2D eigenvalue weighted by atomic mass is 10.2. The average Bonchev–Trinajstić information content (AvgIpc) is 2.63. The van der Waals surface area contributed by atoms with Gasteiger partial charge in [0.1, 0.15) is 11.6 Å². The molecule has 0 fully saturated rings. The molecule has 0 saturated heterocycles. The number of fused-ring (bicyclic) bond motifs is 1. The number of nitrogens with zero attached hydrogens (tertiary/aromatic N) is 2. The number of benzene rings is 2. The van der Waals surface area contributed by atoms with Gasteiger partial charge >= 0.3 is 0 Å². The van der Waals surface area contributed by atoms with E-state index in [0.29, 0.717) is 28.7 Å². The van der Waals surface area contributed by atoms with Gasteiger partial charge < -0.3 is 5.32 Å². The molecular formula is C18H14BrF2N3O2S. The standard InChI is InChI=1S/C18H14BrF2N3O2S/c1-2-24-17(26)12-7-10(19)3-5-14(12)23-18(24)27-9-16(25)22-15-6-4-11(20)8-13(15)21/h3-8H,2,9H2,1H3,(H,22,25). The Balaban J connectivity index is 1.81. The van der Waals surface area contributed by atoms with Gasteiger partial charge in [-0.3, -0.25) is 14.2 Å². The molecule has 2 aromatic carbocycles. The molecule has 1 amide bonds. The lowest BCUT2D eigenvalue weighted by Gasteiger charge is -2.11. The molecular weight excluding hydrogens is 440 g/mol. The number of thioether (sulfide) groups is 1. The van der Waals surface area contributed by atoms with Crippen molar-refractivity contribution in [2.75, 3.05) is 11.1 Å². The Morgan fingerprint density at radius 3 is 2.74 bits per heavy atom. The molecule has 1 N–H and O–H groups in total. The van der Waals surface area contributed by atoms with Crippen molar-refractivity contribution in [2.45, 2.75) is 18.6 Å². The van der Waals surface area contributed by atoms with E-state index in [0.717, 1.165) is 28.4 Å². The largest absolute Gasteiger partial charge is 0.323 e. The number of halogens is 3. The Kier molecular flexibility index (Phi) is 5.91. The van der Waals surface area contributed by atoms with E-state index in [1.165, 1.54) is 4.57 Å². The van der Waals surface area contributed by atoms with Crippen LogP contribution in [0.4, 0.5) is 14.5 Å². The zero-order valence-electron chi connectivity index (χ0n) is 14.1. The molecule has 0 atom stereocenters. The molecule has 1 aromatic heterocycles. The molecule has 5 nitrogen and oxygen atoms in total. The van der Waals surface area contributed by atoms with E-state index in [9.17, 15) is 18.4 Å². The fourth-order valence-electron chi connectivity index (χ4n) is 2.47. The zero-order chi connectivity index (χ0) is 19.6. The molecule has 0 aliphatic rings. The van der Waals surface area contributed by atoms with Crippen molar-refractivity contribution in [1.29, 1.82) is 0 Å². The summed E-state index contributed by atoms with van der Waals surface area (Å²) in [5.41, 5.74) is 0.225. The summed E-state index contributed by atoms with van der Waals surface area (Å²) in [4.78, 5) is 29.2. The van der Waals surface area contributed by atoms with Crippen molar-refractivity contribution >= 4 is 50.2 Å². The van der Waals surface area contributed by atoms with Gasteiger partial charge in [0.05, 0.1) is 22.3 Å². The van der Waals surface area contributed by atoms with Gasteiger partial charge in [0, 0.05) is 17.1 Å². The van der Waals surface area contributed by atoms with Crippen LogP contribution in [0, 0.1) is 11.6 Å². The minimum Gasteiger partial charge on any atom is -0.323 e. The van der Waals surface area contributed by atoms with Crippen molar-refractivity contribution in [3.63, 3.8) is 0 Å². The van der Waals surface area contributed by atoms with Gasteiger partial charge in [0.25, 0.3) is 5.56 Å². The van der Waals surface area contributed by atoms with E-state index in [1.54, 1.807) is 18.2 Å². The first-order valence-corrected chi connectivity index (χ1v) is 9.74. The maximum atomic E-state index is 13.6. The highest BCUT2D eigenvalue weighted by Crippen LogP contribution is 2.21. The summed E-state index contributed by atoms with van der Waals surface area (Å²) in [5, 5.41) is 3.26. The SMILES string of the molecule is CCn1c(SCC(=O)Nc2ccc(F)cc2F)nc2ccc(Br)cc2c1=O. The molecule has 0 aliphatic carbocycles. The number of carbonyl (C=O) groups is 1. The number of nitrogens with one attached hydrogen (secondary N) is 1. The Hall–Kier alpha value is -2.26. The van der Waals surface area contributed by atoms with Crippen LogP contribution < -0.4 is 10.9 Å². The highest BCUT2D eigenvalue weighted by Gasteiger charge is 2.14. The van der Waals surface area contributed by atoms with E-state index < -0.39 is 17.5 Å². The van der Waals surface area contributed by atoms with Crippen molar-refractivity contribution in [3.8, 4) is 0 Å². The van der Waals surface area contributed by atoms with E-state index in [4.69, 9.17) is 0 Å². The zero-order valence-corrected chi connectivity index (χ0v) is 16.5. The Morgan fingerprint density at radius 2 is 2.04 bits per heavy atom. The predicted molar refractivity (Wildman–Crippen MR) is 105 cm³/mol. The molecule has 3 aromatic rings. The second kappa shape index (κ2) is 8.18. The second-order valence-corrected chi connectivity index (χ2v) is 7.42. The fourth-order valence-corrected chi connectivity index (χ4v) is 3.69. The minimum atomic E-state index is -0.853. The molecule has 0 bridgehead atoms. The lowest BCUT2D eigenvalue weighted by Crippen LogP contribution is -2.23. The molecule has 9 heteroatoms. The number of rotatable bonds is 5. The van der Waals surface area contributed by atoms with E-state index in [2.05, 4.69) is 26.2 Å². The summed E-state index contributed by atoms with van der Waals surface area (Å²) in [5.74, 6) is -2.14. The summed E-state index contributed by atoms with van der Waals surface area (Å²) in [6.07, 6.45) is 0. The van der Waals surface area contributed by atoms with Crippen LogP contribution in [0.2, 0.25) is 0 Å². The van der Waals surface area contributed by atoms with Crippen LogP contribution in [0.5, 0.6) is 0 Å². The fraction of sp³-hybridized carbons (Fsp3) is 0.167. The first kappa shape index (κ1) is 19.5. The highest BCUT2D eigenvalue weighted by molar-refractivity contribution is 9.10. The Labute approximate surface area is 165 Å². The van der Waals surface area contributed by atoms with Crippen molar-refractivity contribution in [2.24, 2.45) is 0 Å². The van der Waals surface area contributed by atoms with Crippen molar-refractivity contribution in [1.82, 2.24) is 9.55 Å². The third kappa shape index (κ3) is 4.36. The summed E-state index contributed by atoms with van der Waals surface area (Å²) >= 11 is 4.41. The minimum absolute atomic E-state index is 0.0781. The summed E-state index contributed by atoms with van der Waals surface area (Å²) in [6, 6.07) is 8.11. The summed E-state index contributed by atoms with van der Waals surface area (Å²) in [6.45, 7) is 2.20. The van der Waals surface area contributed by atoms with Crippen molar-refractivity contribution in [3.05, 3.63) is 62.9 Å². The third-order valence-electron chi connectivity index (χ3n) is 3.73. The maximum Gasteiger partial charge on any atom is 0.262 e.